The average Bonchev–Trinajstić information content (AvgIpc) is 2.83. The van der Waals surface area contributed by atoms with E-state index in [2.05, 4.69) is 22.0 Å². The topological polar surface area (TPSA) is 71.6 Å². The van der Waals surface area contributed by atoms with Crippen LogP contribution in [0.15, 0.2) is 87.7 Å². The summed E-state index contributed by atoms with van der Waals surface area (Å²) in [6.45, 7) is 5.47. The Bertz CT molecular complexity index is 1380. The van der Waals surface area contributed by atoms with Crippen molar-refractivity contribution in [1.82, 2.24) is 9.55 Å². The third-order valence-electron chi connectivity index (χ3n) is 5.23. The zero-order chi connectivity index (χ0) is 22.7. The first-order valence-electron chi connectivity index (χ1n) is 10.1. The number of rotatable bonds is 5. The minimum absolute atomic E-state index is 0.253. The number of aliphatic imine (C=N–C) groups is 2. The molecule has 4 aromatic rings. The fourth-order valence-electron chi connectivity index (χ4n) is 3.68. The minimum Gasteiger partial charge on any atom is -0.386 e. The van der Waals surface area contributed by atoms with Gasteiger partial charge in [0, 0.05) is 24.3 Å². The molecule has 0 saturated carbocycles. The van der Waals surface area contributed by atoms with Crippen LogP contribution in [0.1, 0.15) is 24.4 Å². The predicted octanol–water partition coefficient (Wildman–Crippen LogP) is 4.77. The van der Waals surface area contributed by atoms with Crippen LogP contribution in [0.4, 0.5) is 10.1 Å². The molecule has 0 unspecified atom stereocenters. The lowest BCUT2D eigenvalue weighted by Gasteiger charge is -2.18. The first kappa shape index (κ1) is 21.1. The molecule has 0 aliphatic heterocycles. The van der Waals surface area contributed by atoms with Crippen LogP contribution in [0.3, 0.4) is 0 Å². The van der Waals surface area contributed by atoms with E-state index in [9.17, 15) is 9.18 Å². The van der Waals surface area contributed by atoms with Gasteiger partial charge >= 0.3 is 0 Å². The lowest BCUT2D eigenvalue weighted by molar-refractivity contribution is 0.638. The van der Waals surface area contributed by atoms with E-state index in [4.69, 9.17) is 4.99 Å². The Labute approximate surface area is 184 Å². The van der Waals surface area contributed by atoms with Crippen molar-refractivity contribution in [3.8, 4) is 5.69 Å². The number of hydrogen-bond donors (Lipinski definition) is 1. The molecule has 0 radical (unpaired) electrons. The molecular weight excluding hydrogens is 405 g/mol. The highest BCUT2D eigenvalue weighted by molar-refractivity contribution is 6.04. The number of pyridine rings is 2. The highest BCUT2D eigenvalue weighted by Gasteiger charge is 2.19. The van der Waals surface area contributed by atoms with Crippen LogP contribution in [0.5, 0.6) is 0 Å². The van der Waals surface area contributed by atoms with E-state index in [0.717, 1.165) is 5.69 Å². The van der Waals surface area contributed by atoms with Gasteiger partial charge in [0.15, 0.2) is 5.84 Å². The van der Waals surface area contributed by atoms with E-state index < -0.39 is 11.9 Å². The smallest absolute Gasteiger partial charge is 0.263 e. The lowest BCUT2D eigenvalue weighted by Crippen LogP contribution is -2.23. The van der Waals surface area contributed by atoms with E-state index in [-0.39, 0.29) is 10.9 Å². The van der Waals surface area contributed by atoms with Crippen LogP contribution in [0.2, 0.25) is 0 Å². The first-order valence-corrected chi connectivity index (χ1v) is 10.1. The Hall–Kier alpha value is -4.13. The van der Waals surface area contributed by atoms with Gasteiger partial charge in [-0.15, -0.1) is 0 Å². The van der Waals surface area contributed by atoms with Gasteiger partial charge in [-0.1, -0.05) is 24.3 Å². The number of benzene rings is 2. The molecule has 0 saturated heterocycles. The minimum atomic E-state index is -0.542. The van der Waals surface area contributed by atoms with Gasteiger partial charge in [0.25, 0.3) is 5.56 Å². The van der Waals surface area contributed by atoms with Crippen molar-refractivity contribution >= 4 is 29.0 Å². The second kappa shape index (κ2) is 8.93. The number of anilines is 1. The number of amidine groups is 1. The predicted molar refractivity (Wildman–Crippen MR) is 128 cm³/mol. The van der Waals surface area contributed by atoms with Gasteiger partial charge in [-0.05, 0) is 56.1 Å². The van der Waals surface area contributed by atoms with Crippen molar-refractivity contribution in [2.75, 3.05) is 12.4 Å². The maximum absolute atomic E-state index is 14.6. The van der Waals surface area contributed by atoms with E-state index in [1.165, 1.54) is 12.1 Å². The van der Waals surface area contributed by atoms with Crippen molar-refractivity contribution in [2.24, 2.45) is 9.98 Å². The molecule has 0 fully saturated rings. The standard InChI is InChI=1S/C25H22FN5O/c1-16(30-24(28-3)23-21(27-2)13-8-14-29-23)22-15-19-18(11-7-12-20(19)26)25(32)31(22)17-9-5-4-6-10-17/h4-16,27H,3H2,1-2H3/t16-/m0/s1. The molecule has 1 atom stereocenters. The average molecular weight is 427 g/mol. The van der Waals surface area contributed by atoms with Gasteiger partial charge < -0.3 is 5.32 Å². The fourth-order valence-corrected chi connectivity index (χ4v) is 3.68. The summed E-state index contributed by atoms with van der Waals surface area (Å²) in [5, 5.41) is 3.62. The number of nitrogens with one attached hydrogen (secondary N) is 1. The summed E-state index contributed by atoms with van der Waals surface area (Å²) >= 11 is 0. The molecule has 0 bridgehead atoms. The van der Waals surface area contributed by atoms with Crippen LogP contribution in [-0.2, 0) is 0 Å². The Morgan fingerprint density at radius 1 is 1.09 bits per heavy atom. The molecule has 0 amide bonds. The van der Waals surface area contributed by atoms with Gasteiger partial charge in [-0.2, -0.15) is 0 Å². The zero-order valence-corrected chi connectivity index (χ0v) is 17.8. The summed E-state index contributed by atoms with van der Waals surface area (Å²) in [4.78, 5) is 26.6. The van der Waals surface area contributed by atoms with Gasteiger partial charge in [-0.25, -0.2) is 9.38 Å². The number of hydrogen-bond acceptors (Lipinski definition) is 4. The molecule has 2 heterocycles. The zero-order valence-electron chi connectivity index (χ0n) is 17.8. The van der Waals surface area contributed by atoms with Crippen molar-refractivity contribution in [3.05, 3.63) is 100 Å². The van der Waals surface area contributed by atoms with Crippen molar-refractivity contribution < 1.29 is 4.39 Å². The molecule has 4 rings (SSSR count). The Morgan fingerprint density at radius 2 is 1.88 bits per heavy atom. The van der Waals surface area contributed by atoms with Crippen LogP contribution in [-0.4, -0.2) is 29.2 Å². The lowest BCUT2D eigenvalue weighted by atomic mass is 10.1. The number of fused-ring (bicyclic) bond motifs is 1. The monoisotopic (exact) mass is 427 g/mol. The van der Waals surface area contributed by atoms with E-state index in [0.29, 0.717) is 28.3 Å². The van der Waals surface area contributed by atoms with Gasteiger partial charge in [-0.3, -0.25) is 19.3 Å². The summed E-state index contributed by atoms with van der Waals surface area (Å²) in [5.41, 5.74) is 2.17. The molecule has 0 spiro atoms. The maximum Gasteiger partial charge on any atom is 0.263 e. The van der Waals surface area contributed by atoms with Gasteiger partial charge in [0.1, 0.15) is 11.5 Å². The summed E-state index contributed by atoms with van der Waals surface area (Å²) < 4.78 is 16.2. The van der Waals surface area contributed by atoms with Crippen LogP contribution < -0.4 is 10.9 Å². The quantitative estimate of drug-likeness (QED) is 0.368. The third kappa shape index (κ3) is 3.80. The second-order valence-electron chi connectivity index (χ2n) is 7.18. The van der Waals surface area contributed by atoms with Crippen LogP contribution >= 0.6 is 0 Å². The molecule has 1 N–H and O–H groups in total. The second-order valence-corrected chi connectivity index (χ2v) is 7.18. The molecular formula is C25H22FN5O. The highest BCUT2D eigenvalue weighted by Crippen LogP contribution is 2.26. The normalized spacial score (nSPS) is 12.5. The van der Waals surface area contributed by atoms with Crippen molar-refractivity contribution in [3.63, 3.8) is 0 Å². The number of halogens is 1. The summed E-state index contributed by atoms with van der Waals surface area (Å²) in [5.74, 6) is -0.135. The number of aromatic nitrogens is 2. The maximum atomic E-state index is 14.6. The van der Waals surface area contributed by atoms with Gasteiger partial charge in [0.2, 0.25) is 0 Å². The third-order valence-corrected chi connectivity index (χ3v) is 5.23. The summed E-state index contributed by atoms with van der Waals surface area (Å²) in [6, 6.07) is 18.5. The molecule has 7 heteroatoms. The Kier molecular flexibility index (Phi) is 5.89. The molecule has 32 heavy (non-hydrogen) atoms. The molecule has 6 nitrogen and oxygen atoms in total. The van der Waals surface area contributed by atoms with Crippen LogP contribution in [0, 0.1) is 5.82 Å². The molecule has 160 valence electrons. The summed E-state index contributed by atoms with van der Waals surface area (Å²) in [7, 11) is 1.78. The summed E-state index contributed by atoms with van der Waals surface area (Å²) in [6.07, 6.45) is 1.65. The number of para-hydroxylation sites is 1. The largest absolute Gasteiger partial charge is 0.386 e. The van der Waals surface area contributed by atoms with E-state index in [1.807, 2.05) is 43.3 Å². The molecule has 2 aromatic carbocycles. The first-order chi connectivity index (χ1) is 15.5. The fraction of sp³-hybridized carbons (Fsp3) is 0.120. The SMILES string of the molecule is C=NC(=N[C@@H](C)c1cc2c(F)cccc2c(=O)n1-c1ccccc1)c1ncccc1NC. The molecule has 2 aromatic heterocycles. The van der Waals surface area contributed by atoms with E-state index in [1.54, 1.807) is 36.0 Å². The van der Waals surface area contributed by atoms with Gasteiger partial charge in [0.05, 0.1) is 22.8 Å². The Morgan fingerprint density at radius 3 is 2.59 bits per heavy atom. The Balaban J connectivity index is 1.96. The number of nitrogens with zero attached hydrogens (tertiary/aromatic N) is 4. The van der Waals surface area contributed by atoms with E-state index >= 15 is 0 Å². The van der Waals surface area contributed by atoms with Crippen molar-refractivity contribution in [2.45, 2.75) is 13.0 Å². The van der Waals surface area contributed by atoms with Crippen LogP contribution in [0.25, 0.3) is 16.5 Å². The van der Waals surface area contributed by atoms with Crippen molar-refractivity contribution in [1.29, 1.82) is 0 Å². The highest BCUT2D eigenvalue weighted by atomic mass is 19.1. The molecule has 0 aliphatic rings. The molecule has 0 aliphatic carbocycles.